The standard InChI is InChI=1S/C13H20NO4P/c1-3-8-19(15,16)18-13-12-9-11(17-2)5-4-10(12)6-7-14-13/h4-5,9,13-14H,3,6-8H2,1-2H3,(H,15,16). The number of benzene rings is 1. The monoisotopic (exact) mass is 285 g/mol. The number of rotatable bonds is 5. The van der Waals surface area contributed by atoms with Gasteiger partial charge in [-0.25, -0.2) is 0 Å². The molecule has 0 bridgehead atoms. The number of ether oxygens (including phenoxy) is 1. The van der Waals surface area contributed by atoms with Gasteiger partial charge in [-0.2, -0.15) is 0 Å². The van der Waals surface area contributed by atoms with Crippen LogP contribution in [0.5, 0.6) is 5.75 Å². The Labute approximate surface area is 113 Å². The lowest BCUT2D eigenvalue weighted by Crippen LogP contribution is -2.31. The fraction of sp³-hybridized carbons (Fsp3) is 0.538. The molecular weight excluding hydrogens is 265 g/mol. The van der Waals surface area contributed by atoms with Crippen LogP contribution in [0.1, 0.15) is 30.7 Å². The van der Waals surface area contributed by atoms with Crippen LogP contribution in [0.15, 0.2) is 18.2 Å². The summed E-state index contributed by atoms with van der Waals surface area (Å²) in [5.74, 6) is 0.722. The highest BCUT2D eigenvalue weighted by molar-refractivity contribution is 7.52. The highest BCUT2D eigenvalue weighted by Crippen LogP contribution is 2.47. The first kappa shape index (κ1) is 14.5. The Hall–Kier alpha value is -0.870. The second-order valence-electron chi connectivity index (χ2n) is 4.62. The summed E-state index contributed by atoms with van der Waals surface area (Å²) >= 11 is 0. The summed E-state index contributed by atoms with van der Waals surface area (Å²) < 4.78 is 22.5. The summed E-state index contributed by atoms with van der Waals surface area (Å²) in [5, 5.41) is 3.13. The van der Waals surface area contributed by atoms with Crippen molar-refractivity contribution in [3.05, 3.63) is 29.3 Å². The predicted molar refractivity (Wildman–Crippen MR) is 73.5 cm³/mol. The molecule has 1 heterocycles. The van der Waals surface area contributed by atoms with E-state index in [2.05, 4.69) is 5.32 Å². The minimum atomic E-state index is -3.54. The van der Waals surface area contributed by atoms with Crippen molar-refractivity contribution in [1.29, 1.82) is 0 Å². The zero-order valence-corrected chi connectivity index (χ0v) is 12.2. The molecule has 0 radical (unpaired) electrons. The van der Waals surface area contributed by atoms with Gasteiger partial charge in [0.05, 0.1) is 7.11 Å². The molecule has 5 nitrogen and oxygen atoms in total. The van der Waals surface area contributed by atoms with E-state index in [1.54, 1.807) is 7.11 Å². The Morgan fingerprint density at radius 2 is 2.32 bits per heavy atom. The van der Waals surface area contributed by atoms with Crippen molar-refractivity contribution in [2.45, 2.75) is 26.0 Å². The molecule has 0 saturated heterocycles. The van der Waals surface area contributed by atoms with Gasteiger partial charge in [-0.3, -0.25) is 14.4 Å². The van der Waals surface area contributed by atoms with Crippen molar-refractivity contribution in [2.75, 3.05) is 19.8 Å². The molecule has 0 fully saturated rings. The minimum absolute atomic E-state index is 0.171. The molecule has 1 aromatic rings. The van der Waals surface area contributed by atoms with E-state index in [1.165, 1.54) is 0 Å². The highest BCUT2D eigenvalue weighted by Gasteiger charge is 2.28. The molecule has 2 unspecified atom stereocenters. The van der Waals surface area contributed by atoms with Gasteiger partial charge in [-0.05, 0) is 30.5 Å². The predicted octanol–water partition coefficient (Wildman–Crippen LogP) is 2.45. The smallest absolute Gasteiger partial charge is 0.329 e. The lowest BCUT2D eigenvalue weighted by atomic mass is 9.99. The Balaban J connectivity index is 2.23. The van der Waals surface area contributed by atoms with E-state index in [-0.39, 0.29) is 6.16 Å². The zero-order chi connectivity index (χ0) is 13.9. The molecule has 1 aromatic carbocycles. The van der Waals surface area contributed by atoms with Crippen LogP contribution in [0.3, 0.4) is 0 Å². The maximum atomic E-state index is 11.9. The Kier molecular flexibility index (Phi) is 4.63. The lowest BCUT2D eigenvalue weighted by Gasteiger charge is -2.28. The molecule has 6 heteroatoms. The molecule has 0 spiro atoms. The first-order valence-corrected chi connectivity index (χ1v) is 8.22. The van der Waals surface area contributed by atoms with E-state index >= 15 is 0 Å². The SMILES string of the molecule is CCCP(=O)(O)OC1NCCc2ccc(OC)cc21. The van der Waals surface area contributed by atoms with Crippen molar-refractivity contribution in [3.63, 3.8) is 0 Å². The van der Waals surface area contributed by atoms with Gasteiger partial charge >= 0.3 is 7.60 Å². The van der Waals surface area contributed by atoms with E-state index in [9.17, 15) is 9.46 Å². The molecule has 1 aliphatic heterocycles. The lowest BCUT2D eigenvalue weighted by molar-refractivity contribution is 0.137. The minimum Gasteiger partial charge on any atom is -0.497 e. The van der Waals surface area contributed by atoms with Gasteiger partial charge in [-0.15, -0.1) is 0 Å². The van der Waals surface area contributed by atoms with Gasteiger partial charge in [0.15, 0.2) is 0 Å². The van der Waals surface area contributed by atoms with Gasteiger partial charge in [0.2, 0.25) is 0 Å². The van der Waals surface area contributed by atoms with Gasteiger partial charge in [0, 0.05) is 18.3 Å². The average molecular weight is 285 g/mol. The summed E-state index contributed by atoms with van der Waals surface area (Å²) in [4.78, 5) is 9.78. The van der Waals surface area contributed by atoms with Crippen LogP contribution in [-0.4, -0.2) is 24.7 Å². The summed E-state index contributed by atoms with van der Waals surface area (Å²) in [7, 11) is -1.94. The maximum Gasteiger partial charge on any atom is 0.329 e. The number of hydrogen-bond donors (Lipinski definition) is 2. The number of hydrogen-bond acceptors (Lipinski definition) is 4. The quantitative estimate of drug-likeness (QED) is 0.813. The Morgan fingerprint density at radius 3 is 3.00 bits per heavy atom. The normalized spacial score (nSPS) is 21.5. The van der Waals surface area contributed by atoms with Crippen LogP contribution in [0.25, 0.3) is 0 Å². The molecule has 2 rings (SSSR count). The van der Waals surface area contributed by atoms with Crippen molar-refractivity contribution in [1.82, 2.24) is 5.32 Å². The maximum absolute atomic E-state index is 11.9. The first-order chi connectivity index (χ1) is 9.05. The summed E-state index contributed by atoms with van der Waals surface area (Å²) in [5.41, 5.74) is 2.01. The van der Waals surface area contributed by atoms with Crippen molar-refractivity contribution in [2.24, 2.45) is 0 Å². The third kappa shape index (κ3) is 3.57. The van der Waals surface area contributed by atoms with Gasteiger partial charge in [-0.1, -0.05) is 13.0 Å². The molecule has 2 atom stereocenters. The van der Waals surface area contributed by atoms with Crippen LogP contribution in [-0.2, 0) is 15.5 Å². The molecule has 0 saturated carbocycles. The van der Waals surface area contributed by atoms with Gasteiger partial charge in [0.1, 0.15) is 12.0 Å². The molecule has 19 heavy (non-hydrogen) atoms. The molecule has 1 aliphatic rings. The van der Waals surface area contributed by atoms with E-state index in [0.717, 1.165) is 29.8 Å². The first-order valence-electron chi connectivity index (χ1n) is 6.46. The van der Waals surface area contributed by atoms with Crippen molar-refractivity contribution in [3.8, 4) is 5.75 Å². The fourth-order valence-electron chi connectivity index (χ4n) is 2.21. The topological polar surface area (TPSA) is 67.8 Å². The largest absolute Gasteiger partial charge is 0.497 e. The van der Waals surface area contributed by atoms with Crippen LogP contribution in [0, 0.1) is 0 Å². The highest BCUT2D eigenvalue weighted by atomic mass is 31.2. The number of fused-ring (bicyclic) bond motifs is 1. The third-order valence-corrected chi connectivity index (χ3v) is 4.69. The van der Waals surface area contributed by atoms with Crippen LogP contribution >= 0.6 is 7.60 Å². The Morgan fingerprint density at radius 1 is 1.53 bits per heavy atom. The zero-order valence-electron chi connectivity index (χ0n) is 11.3. The van der Waals surface area contributed by atoms with E-state index in [0.29, 0.717) is 6.42 Å². The molecule has 2 N–H and O–H groups in total. The summed E-state index contributed by atoms with van der Waals surface area (Å²) in [6.45, 7) is 2.59. The molecule has 0 amide bonds. The molecule has 106 valence electrons. The number of nitrogens with one attached hydrogen (secondary N) is 1. The molecule has 0 aliphatic carbocycles. The Bertz CT molecular complexity index is 492. The van der Waals surface area contributed by atoms with Crippen LogP contribution in [0.2, 0.25) is 0 Å². The van der Waals surface area contributed by atoms with Gasteiger partial charge < -0.3 is 9.63 Å². The van der Waals surface area contributed by atoms with E-state index < -0.39 is 13.8 Å². The fourth-order valence-corrected chi connectivity index (χ4v) is 3.40. The van der Waals surface area contributed by atoms with E-state index in [4.69, 9.17) is 9.26 Å². The summed E-state index contributed by atoms with van der Waals surface area (Å²) in [6.07, 6.45) is 1.12. The third-order valence-electron chi connectivity index (χ3n) is 3.14. The summed E-state index contributed by atoms with van der Waals surface area (Å²) in [6, 6.07) is 5.73. The van der Waals surface area contributed by atoms with Gasteiger partial charge in [0.25, 0.3) is 0 Å². The second kappa shape index (κ2) is 6.06. The molecular formula is C13H20NO4P. The number of methoxy groups -OCH3 is 1. The average Bonchev–Trinajstić information content (AvgIpc) is 2.38. The molecule has 0 aromatic heterocycles. The van der Waals surface area contributed by atoms with E-state index in [1.807, 2.05) is 25.1 Å². The van der Waals surface area contributed by atoms with Crippen LogP contribution in [0.4, 0.5) is 0 Å². The van der Waals surface area contributed by atoms with Crippen molar-refractivity contribution >= 4 is 7.60 Å². The van der Waals surface area contributed by atoms with Crippen molar-refractivity contribution < 1.29 is 18.7 Å². The second-order valence-corrected chi connectivity index (χ2v) is 6.55. The van der Waals surface area contributed by atoms with Crippen LogP contribution < -0.4 is 10.1 Å².